The van der Waals surface area contributed by atoms with Crippen molar-refractivity contribution in [3.63, 3.8) is 0 Å². The third-order valence-corrected chi connectivity index (χ3v) is 1.54. The molecule has 0 bridgehead atoms. The molecule has 0 fully saturated rings. The van der Waals surface area contributed by atoms with Crippen molar-refractivity contribution in [3.05, 3.63) is 12.0 Å². The van der Waals surface area contributed by atoms with Crippen molar-refractivity contribution in [1.29, 1.82) is 0 Å². The number of aromatic nitrogens is 6. The molecule has 0 saturated heterocycles. The van der Waals surface area contributed by atoms with Gasteiger partial charge in [0, 0.05) is 0 Å². The fourth-order valence-electron chi connectivity index (χ4n) is 0.885. The molecule has 0 saturated carbocycles. The van der Waals surface area contributed by atoms with E-state index in [1.807, 2.05) is 0 Å². The molecule has 0 aliphatic heterocycles. The Morgan fingerprint density at radius 3 is 2.85 bits per heavy atom. The third-order valence-electron chi connectivity index (χ3n) is 1.54. The van der Waals surface area contributed by atoms with Gasteiger partial charge in [0.15, 0.2) is 11.5 Å². The maximum absolute atomic E-state index is 9.16. The number of rotatable bonds is 2. The maximum Gasteiger partial charge on any atom is 0.203 e. The molecule has 68 valence electrons. The number of aromatic amines is 2. The average Bonchev–Trinajstić information content (AvgIpc) is 2.75. The van der Waals surface area contributed by atoms with Gasteiger partial charge in [0.2, 0.25) is 5.82 Å². The van der Waals surface area contributed by atoms with Crippen LogP contribution in [0.4, 0.5) is 0 Å². The van der Waals surface area contributed by atoms with Crippen LogP contribution in [-0.4, -0.2) is 35.7 Å². The topological polar surface area (TPSA) is 103 Å². The highest BCUT2D eigenvalue weighted by atomic mass is 16.3. The molecule has 2 rings (SSSR count). The summed E-state index contributed by atoms with van der Waals surface area (Å²) >= 11 is 0. The summed E-state index contributed by atoms with van der Waals surface area (Å²) in [6, 6.07) is 0. The zero-order valence-electron chi connectivity index (χ0n) is 6.89. The highest BCUT2D eigenvalue weighted by Gasteiger charge is 2.10. The molecule has 2 aromatic rings. The van der Waals surface area contributed by atoms with Crippen molar-refractivity contribution in [2.24, 2.45) is 0 Å². The number of aliphatic hydroxyl groups is 1. The van der Waals surface area contributed by atoms with Crippen LogP contribution in [0.15, 0.2) is 6.20 Å². The van der Waals surface area contributed by atoms with Gasteiger partial charge in [-0.1, -0.05) is 0 Å². The normalized spacial score (nSPS) is 13.1. The Labute approximate surface area is 73.2 Å². The first kappa shape index (κ1) is 7.87. The fourth-order valence-corrected chi connectivity index (χ4v) is 0.885. The van der Waals surface area contributed by atoms with Gasteiger partial charge in [-0.3, -0.25) is 5.10 Å². The summed E-state index contributed by atoms with van der Waals surface area (Å²) in [6.45, 7) is 1.60. The molecule has 1 atom stereocenters. The number of aliphatic hydroxyl groups excluding tert-OH is 1. The second kappa shape index (κ2) is 2.94. The first-order chi connectivity index (χ1) is 6.27. The second-order valence-corrected chi connectivity index (χ2v) is 2.58. The SMILES string of the molecule is CC(O)c1nc(-c2cn[nH]n2)n[nH]1. The lowest BCUT2D eigenvalue weighted by atomic mass is 10.4. The minimum atomic E-state index is -0.659. The molecule has 0 amide bonds. The molecule has 2 aromatic heterocycles. The Morgan fingerprint density at radius 1 is 1.46 bits per heavy atom. The molecule has 7 nitrogen and oxygen atoms in total. The molecule has 0 radical (unpaired) electrons. The lowest BCUT2D eigenvalue weighted by Crippen LogP contribution is -1.93. The van der Waals surface area contributed by atoms with Crippen molar-refractivity contribution in [3.8, 4) is 11.5 Å². The van der Waals surface area contributed by atoms with Crippen LogP contribution >= 0.6 is 0 Å². The van der Waals surface area contributed by atoms with Crippen molar-refractivity contribution < 1.29 is 5.11 Å². The molecule has 7 heteroatoms. The van der Waals surface area contributed by atoms with Crippen LogP contribution in [0.2, 0.25) is 0 Å². The standard InChI is InChI=1S/C6H8N6O/c1-3(13)5-8-6(11-10-5)4-2-7-12-9-4/h2-3,13H,1H3,(H,7,9,12)(H,8,10,11). The van der Waals surface area contributed by atoms with Gasteiger partial charge in [-0.15, -0.1) is 0 Å². The van der Waals surface area contributed by atoms with E-state index in [1.54, 1.807) is 6.92 Å². The first-order valence-electron chi connectivity index (χ1n) is 3.74. The summed E-state index contributed by atoms with van der Waals surface area (Å²) in [5.41, 5.74) is 0.545. The van der Waals surface area contributed by atoms with Crippen molar-refractivity contribution in [2.45, 2.75) is 13.0 Å². The lowest BCUT2D eigenvalue weighted by Gasteiger charge is -1.93. The Balaban J connectivity index is 2.33. The van der Waals surface area contributed by atoms with E-state index in [-0.39, 0.29) is 0 Å². The van der Waals surface area contributed by atoms with Crippen LogP contribution in [0, 0.1) is 0 Å². The molecular weight excluding hydrogens is 172 g/mol. The van der Waals surface area contributed by atoms with Crippen LogP contribution in [0.5, 0.6) is 0 Å². The van der Waals surface area contributed by atoms with Crippen molar-refractivity contribution in [2.75, 3.05) is 0 Å². The van der Waals surface area contributed by atoms with Gasteiger partial charge < -0.3 is 5.11 Å². The predicted octanol–water partition coefficient (Wildman–Crippen LogP) is -0.357. The van der Waals surface area contributed by atoms with E-state index in [4.69, 9.17) is 5.11 Å². The highest BCUT2D eigenvalue weighted by Crippen LogP contribution is 2.11. The van der Waals surface area contributed by atoms with Crippen LogP contribution in [0.25, 0.3) is 11.5 Å². The number of hydrogen-bond donors (Lipinski definition) is 3. The van der Waals surface area contributed by atoms with Gasteiger partial charge in [-0.2, -0.15) is 20.5 Å². The van der Waals surface area contributed by atoms with Crippen LogP contribution < -0.4 is 0 Å². The molecule has 2 heterocycles. The van der Waals surface area contributed by atoms with E-state index in [9.17, 15) is 0 Å². The van der Waals surface area contributed by atoms with E-state index >= 15 is 0 Å². The summed E-state index contributed by atoms with van der Waals surface area (Å²) < 4.78 is 0. The van der Waals surface area contributed by atoms with Crippen molar-refractivity contribution >= 4 is 0 Å². The number of nitrogens with zero attached hydrogens (tertiary/aromatic N) is 4. The van der Waals surface area contributed by atoms with Gasteiger partial charge in [0.25, 0.3) is 0 Å². The molecule has 1 unspecified atom stereocenters. The van der Waals surface area contributed by atoms with Crippen LogP contribution in [0.3, 0.4) is 0 Å². The second-order valence-electron chi connectivity index (χ2n) is 2.58. The van der Waals surface area contributed by atoms with E-state index in [0.29, 0.717) is 17.3 Å². The minimum Gasteiger partial charge on any atom is -0.385 e. The van der Waals surface area contributed by atoms with Crippen LogP contribution in [0.1, 0.15) is 18.9 Å². The number of nitrogens with one attached hydrogen (secondary N) is 2. The van der Waals surface area contributed by atoms with E-state index in [1.165, 1.54) is 6.20 Å². The van der Waals surface area contributed by atoms with Gasteiger partial charge in [0.05, 0.1) is 6.20 Å². The molecule has 0 spiro atoms. The number of H-pyrrole nitrogens is 2. The third kappa shape index (κ3) is 1.41. The first-order valence-corrected chi connectivity index (χ1v) is 3.74. The van der Waals surface area contributed by atoms with E-state index in [0.717, 1.165) is 0 Å². The predicted molar refractivity (Wildman–Crippen MR) is 42.4 cm³/mol. The van der Waals surface area contributed by atoms with Crippen LogP contribution in [-0.2, 0) is 0 Å². The van der Waals surface area contributed by atoms with E-state index < -0.39 is 6.10 Å². The Kier molecular flexibility index (Phi) is 1.78. The molecule has 13 heavy (non-hydrogen) atoms. The van der Waals surface area contributed by atoms with Gasteiger partial charge in [-0.25, -0.2) is 4.98 Å². The lowest BCUT2D eigenvalue weighted by molar-refractivity contribution is 0.189. The summed E-state index contributed by atoms with van der Waals surface area (Å²) in [6.07, 6.45) is 0.850. The summed E-state index contributed by atoms with van der Waals surface area (Å²) in [5, 5.41) is 25.5. The fraction of sp³-hybridized carbons (Fsp3) is 0.333. The van der Waals surface area contributed by atoms with Gasteiger partial charge in [0.1, 0.15) is 6.10 Å². The highest BCUT2D eigenvalue weighted by molar-refractivity contribution is 5.45. The molecule has 0 aromatic carbocycles. The summed E-state index contributed by atoms with van der Waals surface area (Å²) in [4.78, 5) is 4.01. The Bertz CT molecular complexity index is 377. The monoisotopic (exact) mass is 180 g/mol. The Morgan fingerprint density at radius 2 is 2.31 bits per heavy atom. The van der Waals surface area contributed by atoms with Crippen molar-refractivity contribution in [1.82, 2.24) is 30.6 Å². The minimum absolute atomic E-state index is 0.415. The Hall–Kier alpha value is -1.76. The summed E-state index contributed by atoms with van der Waals surface area (Å²) in [5.74, 6) is 0.836. The molecule has 0 aliphatic rings. The smallest absolute Gasteiger partial charge is 0.203 e. The number of hydrogen-bond acceptors (Lipinski definition) is 5. The summed E-state index contributed by atoms with van der Waals surface area (Å²) in [7, 11) is 0. The van der Waals surface area contributed by atoms with Gasteiger partial charge >= 0.3 is 0 Å². The van der Waals surface area contributed by atoms with Gasteiger partial charge in [-0.05, 0) is 6.92 Å². The zero-order chi connectivity index (χ0) is 9.26. The molecular formula is C6H8N6O. The maximum atomic E-state index is 9.16. The quantitative estimate of drug-likeness (QED) is 0.585. The molecule has 0 aliphatic carbocycles. The largest absolute Gasteiger partial charge is 0.385 e. The zero-order valence-corrected chi connectivity index (χ0v) is 6.89. The molecule has 3 N–H and O–H groups in total. The average molecular weight is 180 g/mol. The van der Waals surface area contributed by atoms with E-state index in [2.05, 4.69) is 30.6 Å².